The van der Waals surface area contributed by atoms with Gasteiger partial charge in [-0.25, -0.2) is 0 Å². The molecular weight excluding hydrogens is 270 g/mol. The molecular formula is C18H18F2O. The van der Waals surface area contributed by atoms with Crippen molar-refractivity contribution in [1.29, 1.82) is 0 Å². The van der Waals surface area contributed by atoms with E-state index in [-0.39, 0.29) is 5.92 Å². The average molecular weight is 288 g/mol. The van der Waals surface area contributed by atoms with Crippen LogP contribution in [0.1, 0.15) is 22.6 Å². The Hall–Kier alpha value is -2.16. The van der Waals surface area contributed by atoms with Gasteiger partial charge < -0.3 is 4.74 Å². The smallest absolute Gasteiger partial charge is 0.266 e. The largest absolute Gasteiger partial charge is 0.497 e. The summed E-state index contributed by atoms with van der Waals surface area (Å²) in [6, 6.07) is 15.2. The molecule has 0 aliphatic carbocycles. The first-order valence-corrected chi connectivity index (χ1v) is 6.81. The predicted octanol–water partition coefficient (Wildman–Crippen LogP) is 5.11. The standard InChI is InChI=1S/C18H18F2O/c1-13-3-5-14(6-4-13)11-16(12-18(19)20)15-7-9-17(21-2)10-8-15/h3-10,12,16H,11H2,1-2H3. The average Bonchev–Trinajstić information content (AvgIpc) is 2.48. The molecule has 0 saturated carbocycles. The van der Waals surface area contributed by atoms with Crippen molar-refractivity contribution in [3.05, 3.63) is 77.4 Å². The molecule has 1 unspecified atom stereocenters. The molecule has 2 rings (SSSR count). The minimum Gasteiger partial charge on any atom is -0.497 e. The van der Waals surface area contributed by atoms with Crippen molar-refractivity contribution in [3.63, 3.8) is 0 Å². The maximum atomic E-state index is 12.7. The van der Waals surface area contributed by atoms with Crippen molar-refractivity contribution >= 4 is 0 Å². The first-order valence-electron chi connectivity index (χ1n) is 6.81. The van der Waals surface area contributed by atoms with E-state index in [1.165, 1.54) is 0 Å². The van der Waals surface area contributed by atoms with Gasteiger partial charge in [-0.1, -0.05) is 42.0 Å². The van der Waals surface area contributed by atoms with Crippen LogP contribution in [0.3, 0.4) is 0 Å². The van der Waals surface area contributed by atoms with Crippen molar-refractivity contribution in [3.8, 4) is 5.75 Å². The second-order valence-electron chi connectivity index (χ2n) is 5.03. The molecule has 0 bridgehead atoms. The van der Waals surface area contributed by atoms with Crippen LogP contribution >= 0.6 is 0 Å². The number of hydrogen-bond acceptors (Lipinski definition) is 1. The van der Waals surface area contributed by atoms with E-state index in [1.807, 2.05) is 43.3 Å². The molecule has 2 aromatic carbocycles. The fraction of sp³-hybridized carbons (Fsp3) is 0.222. The molecule has 1 atom stereocenters. The van der Waals surface area contributed by atoms with E-state index in [0.717, 1.165) is 28.5 Å². The van der Waals surface area contributed by atoms with Gasteiger partial charge in [-0.15, -0.1) is 0 Å². The molecule has 0 saturated heterocycles. The third-order valence-corrected chi connectivity index (χ3v) is 3.45. The van der Waals surface area contributed by atoms with Gasteiger partial charge in [0.05, 0.1) is 7.11 Å². The number of hydrogen-bond donors (Lipinski definition) is 0. The fourth-order valence-electron chi connectivity index (χ4n) is 2.25. The highest BCUT2D eigenvalue weighted by Gasteiger charge is 2.12. The van der Waals surface area contributed by atoms with Crippen LogP contribution in [0.2, 0.25) is 0 Å². The monoisotopic (exact) mass is 288 g/mol. The maximum Gasteiger partial charge on any atom is 0.266 e. The quantitative estimate of drug-likeness (QED) is 0.743. The van der Waals surface area contributed by atoms with Gasteiger partial charge in [-0.2, -0.15) is 8.78 Å². The van der Waals surface area contributed by atoms with Crippen molar-refractivity contribution < 1.29 is 13.5 Å². The van der Waals surface area contributed by atoms with E-state index in [4.69, 9.17) is 4.74 Å². The molecule has 110 valence electrons. The summed E-state index contributed by atoms with van der Waals surface area (Å²) >= 11 is 0. The van der Waals surface area contributed by atoms with Crippen LogP contribution in [0.25, 0.3) is 0 Å². The van der Waals surface area contributed by atoms with Gasteiger partial charge >= 0.3 is 0 Å². The Bertz CT molecular complexity index is 596. The summed E-state index contributed by atoms with van der Waals surface area (Å²) in [5, 5.41) is 0. The number of benzene rings is 2. The molecule has 0 aliphatic heterocycles. The Balaban J connectivity index is 2.25. The third kappa shape index (κ3) is 4.42. The van der Waals surface area contributed by atoms with Gasteiger partial charge in [-0.3, -0.25) is 0 Å². The van der Waals surface area contributed by atoms with Crippen LogP contribution in [-0.4, -0.2) is 7.11 Å². The van der Waals surface area contributed by atoms with Crippen LogP contribution in [0.4, 0.5) is 8.78 Å². The number of allylic oxidation sites excluding steroid dienone is 1. The van der Waals surface area contributed by atoms with Crippen molar-refractivity contribution in [2.75, 3.05) is 7.11 Å². The Morgan fingerprint density at radius 1 is 1.05 bits per heavy atom. The predicted molar refractivity (Wildman–Crippen MR) is 80.9 cm³/mol. The Labute approximate surface area is 123 Å². The summed E-state index contributed by atoms with van der Waals surface area (Å²) in [6.45, 7) is 2.01. The van der Waals surface area contributed by atoms with E-state index >= 15 is 0 Å². The zero-order chi connectivity index (χ0) is 15.2. The number of methoxy groups -OCH3 is 1. The highest BCUT2D eigenvalue weighted by Crippen LogP contribution is 2.26. The number of aryl methyl sites for hydroxylation is 1. The lowest BCUT2D eigenvalue weighted by Crippen LogP contribution is -2.01. The lowest BCUT2D eigenvalue weighted by molar-refractivity contribution is 0.413. The summed E-state index contributed by atoms with van der Waals surface area (Å²) in [5.74, 6) is 0.376. The van der Waals surface area contributed by atoms with Gasteiger partial charge in [0.15, 0.2) is 0 Å². The Morgan fingerprint density at radius 3 is 2.19 bits per heavy atom. The normalized spacial score (nSPS) is 11.8. The van der Waals surface area contributed by atoms with Gasteiger partial charge in [0.2, 0.25) is 0 Å². The zero-order valence-corrected chi connectivity index (χ0v) is 12.1. The lowest BCUT2D eigenvalue weighted by atomic mass is 9.91. The highest BCUT2D eigenvalue weighted by molar-refractivity contribution is 5.33. The van der Waals surface area contributed by atoms with Gasteiger partial charge in [0, 0.05) is 5.92 Å². The SMILES string of the molecule is COc1ccc(C(C=C(F)F)Cc2ccc(C)cc2)cc1. The maximum absolute atomic E-state index is 12.7. The molecule has 0 aliphatic rings. The number of halogens is 2. The van der Waals surface area contributed by atoms with E-state index in [1.54, 1.807) is 19.2 Å². The highest BCUT2D eigenvalue weighted by atomic mass is 19.3. The van der Waals surface area contributed by atoms with Crippen LogP contribution in [-0.2, 0) is 6.42 Å². The first-order chi connectivity index (χ1) is 10.1. The summed E-state index contributed by atoms with van der Waals surface area (Å²) < 4.78 is 30.5. The molecule has 0 heterocycles. The molecule has 2 aromatic rings. The molecule has 0 amide bonds. The second-order valence-corrected chi connectivity index (χ2v) is 5.03. The third-order valence-electron chi connectivity index (χ3n) is 3.45. The van der Waals surface area contributed by atoms with Gasteiger partial charge in [0.25, 0.3) is 6.08 Å². The zero-order valence-electron chi connectivity index (χ0n) is 12.1. The van der Waals surface area contributed by atoms with Crippen LogP contribution < -0.4 is 4.74 Å². The molecule has 0 spiro atoms. The first kappa shape index (κ1) is 15.2. The topological polar surface area (TPSA) is 9.23 Å². The van der Waals surface area contributed by atoms with Crippen LogP contribution in [0.15, 0.2) is 60.7 Å². The minimum atomic E-state index is -1.65. The molecule has 0 aromatic heterocycles. The summed E-state index contributed by atoms with van der Waals surface area (Å²) in [7, 11) is 1.58. The van der Waals surface area contributed by atoms with Crippen molar-refractivity contribution in [2.45, 2.75) is 19.3 Å². The second kappa shape index (κ2) is 7.02. The summed E-state index contributed by atoms with van der Waals surface area (Å²) in [4.78, 5) is 0. The molecule has 1 nitrogen and oxygen atoms in total. The van der Waals surface area contributed by atoms with Gasteiger partial charge in [0.1, 0.15) is 5.75 Å². The summed E-state index contributed by atoms with van der Waals surface area (Å²) in [6.07, 6.45) is -0.0889. The van der Waals surface area contributed by atoms with E-state index < -0.39 is 6.08 Å². The summed E-state index contributed by atoms with van der Waals surface area (Å²) in [5.41, 5.74) is 3.05. The fourth-order valence-corrected chi connectivity index (χ4v) is 2.25. The lowest BCUT2D eigenvalue weighted by Gasteiger charge is -2.14. The molecule has 3 heteroatoms. The van der Waals surface area contributed by atoms with Gasteiger partial charge in [-0.05, 0) is 42.7 Å². The molecule has 0 radical (unpaired) electrons. The number of ether oxygens (including phenoxy) is 1. The van der Waals surface area contributed by atoms with E-state index in [0.29, 0.717) is 6.42 Å². The minimum absolute atomic E-state index is 0.344. The molecule has 0 fully saturated rings. The molecule has 21 heavy (non-hydrogen) atoms. The Kier molecular flexibility index (Phi) is 5.09. The van der Waals surface area contributed by atoms with Crippen LogP contribution in [0, 0.1) is 6.92 Å². The van der Waals surface area contributed by atoms with E-state index in [2.05, 4.69) is 0 Å². The van der Waals surface area contributed by atoms with Crippen molar-refractivity contribution in [1.82, 2.24) is 0 Å². The van der Waals surface area contributed by atoms with Crippen LogP contribution in [0.5, 0.6) is 5.75 Å². The van der Waals surface area contributed by atoms with E-state index in [9.17, 15) is 8.78 Å². The Morgan fingerprint density at radius 2 is 1.67 bits per heavy atom. The van der Waals surface area contributed by atoms with Crippen molar-refractivity contribution in [2.24, 2.45) is 0 Å². The number of rotatable bonds is 5. The molecule has 0 N–H and O–H groups in total.